The molecule has 0 aliphatic rings. The molecular formula is C14H13N5O3. The van der Waals surface area contributed by atoms with Crippen LogP contribution in [0.3, 0.4) is 0 Å². The largest absolute Gasteiger partial charge is 0.459 e. The zero-order valence-corrected chi connectivity index (χ0v) is 11.7. The van der Waals surface area contributed by atoms with E-state index in [4.69, 9.17) is 4.42 Å². The molecule has 0 radical (unpaired) electrons. The van der Waals surface area contributed by atoms with Crippen molar-refractivity contribution in [1.29, 1.82) is 0 Å². The van der Waals surface area contributed by atoms with Gasteiger partial charge >= 0.3 is 5.91 Å². The first-order chi connectivity index (χ1) is 10.7. The van der Waals surface area contributed by atoms with Gasteiger partial charge in [-0.2, -0.15) is 0 Å². The van der Waals surface area contributed by atoms with Gasteiger partial charge in [0.2, 0.25) is 0 Å². The van der Waals surface area contributed by atoms with Crippen molar-refractivity contribution in [3.63, 3.8) is 0 Å². The average Bonchev–Trinajstić information content (AvgIpc) is 3.20. The van der Waals surface area contributed by atoms with Crippen LogP contribution in [0.5, 0.6) is 0 Å². The standard InChI is InChI=1S/C14H13N5O3/c1-2-19-11-6-5-9(8-10(11)15-18-19)13(20)16-17-14(21)12-4-3-7-22-12/h3-8H,2H2,1H3,(H,16,20)(H,17,21). The fourth-order valence-corrected chi connectivity index (χ4v) is 2.00. The lowest BCUT2D eigenvalue weighted by Crippen LogP contribution is -2.41. The van der Waals surface area contributed by atoms with Crippen LogP contribution in [-0.2, 0) is 6.54 Å². The first-order valence-corrected chi connectivity index (χ1v) is 6.66. The topological polar surface area (TPSA) is 102 Å². The molecule has 2 amide bonds. The molecule has 112 valence electrons. The lowest BCUT2D eigenvalue weighted by atomic mass is 10.2. The summed E-state index contributed by atoms with van der Waals surface area (Å²) in [5, 5.41) is 7.97. The van der Waals surface area contributed by atoms with Crippen LogP contribution in [0.2, 0.25) is 0 Å². The van der Waals surface area contributed by atoms with Crippen molar-refractivity contribution < 1.29 is 14.0 Å². The number of carbonyl (C=O) groups excluding carboxylic acids is 2. The maximum absolute atomic E-state index is 12.0. The van der Waals surface area contributed by atoms with Gasteiger partial charge in [-0.3, -0.25) is 20.4 Å². The van der Waals surface area contributed by atoms with Crippen LogP contribution in [0.1, 0.15) is 27.8 Å². The fraction of sp³-hybridized carbons (Fsp3) is 0.143. The van der Waals surface area contributed by atoms with Crippen molar-refractivity contribution in [2.75, 3.05) is 0 Å². The Hall–Kier alpha value is -3.16. The van der Waals surface area contributed by atoms with E-state index in [9.17, 15) is 9.59 Å². The number of hydrazine groups is 1. The number of aryl methyl sites for hydroxylation is 1. The van der Waals surface area contributed by atoms with E-state index in [1.165, 1.54) is 12.3 Å². The Bertz CT molecular complexity index is 822. The molecule has 0 fully saturated rings. The minimum absolute atomic E-state index is 0.113. The number of benzene rings is 1. The molecule has 2 N–H and O–H groups in total. The summed E-state index contributed by atoms with van der Waals surface area (Å²) in [6, 6.07) is 8.11. The molecule has 3 rings (SSSR count). The van der Waals surface area contributed by atoms with Gasteiger partial charge in [-0.05, 0) is 37.3 Å². The van der Waals surface area contributed by atoms with Gasteiger partial charge in [-0.15, -0.1) is 5.10 Å². The molecule has 8 nitrogen and oxygen atoms in total. The predicted octanol–water partition coefficient (Wildman–Crippen LogP) is 1.12. The lowest BCUT2D eigenvalue weighted by Gasteiger charge is -2.06. The lowest BCUT2D eigenvalue weighted by molar-refractivity contribution is 0.0831. The van der Waals surface area contributed by atoms with E-state index in [0.717, 1.165) is 5.52 Å². The molecule has 2 aromatic heterocycles. The summed E-state index contributed by atoms with van der Waals surface area (Å²) in [6.45, 7) is 2.65. The van der Waals surface area contributed by atoms with Gasteiger partial charge in [-0.1, -0.05) is 5.21 Å². The second kappa shape index (κ2) is 5.68. The Morgan fingerprint density at radius 1 is 1.23 bits per heavy atom. The summed E-state index contributed by atoms with van der Waals surface area (Å²) in [5.74, 6) is -0.870. The van der Waals surface area contributed by atoms with E-state index >= 15 is 0 Å². The minimum Gasteiger partial charge on any atom is -0.459 e. The summed E-state index contributed by atoms with van der Waals surface area (Å²) in [4.78, 5) is 23.7. The van der Waals surface area contributed by atoms with E-state index in [1.807, 2.05) is 6.92 Å². The molecule has 1 aromatic carbocycles. The van der Waals surface area contributed by atoms with Gasteiger partial charge in [0.15, 0.2) is 5.76 Å². The molecule has 2 heterocycles. The van der Waals surface area contributed by atoms with Crippen LogP contribution in [-0.4, -0.2) is 26.8 Å². The third-order valence-electron chi connectivity index (χ3n) is 3.11. The number of furan rings is 1. The molecule has 22 heavy (non-hydrogen) atoms. The highest BCUT2D eigenvalue weighted by molar-refractivity contribution is 5.99. The zero-order valence-electron chi connectivity index (χ0n) is 11.7. The van der Waals surface area contributed by atoms with Crippen LogP contribution in [0.15, 0.2) is 41.0 Å². The number of carbonyl (C=O) groups is 2. The summed E-state index contributed by atoms with van der Waals surface area (Å²) in [7, 11) is 0. The summed E-state index contributed by atoms with van der Waals surface area (Å²) in [6.07, 6.45) is 1.38. The van der Waals surface area contributed by atoms with Crippen molar-refractivity contribution in [1.82, 2.24) is 25.8 Å². The van der Waals surface area contributed by atoms with Crippen LogP contribution < -0.4 is 10.9 Å². The van der Waals surface area contributed by atoms with E-state index in [0.29, 0.717) is 17.6 Å². The number of rotatable bonds is 3. The monoisotopic (exact) mass is 299 g/mol. The van der Waals surface area contributed by atoms with Crippen molar-refractivity contribution in [2.24, 2.45) is 0 Å². The average molecular weight is 299 g/mol. The third-order valence-corrected chi connectivity index (χ3v) is 3.11. The van der Waals surface area contributed by atoms with Gasteiger partial charge in [0.25, 0.3) is 5.91 Å². The second-order valence-corrected chi connectivity index (χ2v) is 4.49. The molecule has 3 aromatic rings. The predicted molar refractivity (Wildman–Crippen MR) is 76.8 cm³/mol. The van der Waals surface area contributed by atoms with Crippen molar-refractivity contribution in [3.05, 3.63) is 47.9 Å². The van der Waals surface area contributed by atoms with Gasteiger partial charge in [0, 0.05) is 12.1 Å². The molecule has 0 aliphatic heterocycles. The molecule has 0 spiro atoms. The van der Waals surface area contributed by atoms with Crippen molar-refractivity contribution in [3.8, 4) is 0 Å². The number of amides is 2. The van der Waals surface area contributed by atoms with Crippen LogP contribution in [0.25, 0.3) is 11.0 Å². The molecule has 0 saturated carbocycles. The molecule has 0 aliphatic carbocycles. The van der Waals surface area contributed by atoms with Crippen LogP contribution in [0, 0.1) is 0 Å². The molecule has 0 bridgehead atoms. The van der Waals surface area contributed by atoms with Crippen molar-refractivity contribution in [2.45, 2.75) is 13.5 Å². The SMILES string of the molecule is CCn1nnc2cc(C(=O)NNC(=O)c3ccco3)ccc21. The number of hydrogen-bond acceptors (Lipinski definition) is 5. The third kappa shape index (κ3) is 2.53. The normalized spacial score (nSPS) is 10.6. The highest BCUT2D eigenvalue weighted by atomic mass is 16.3. The fourth-order valence-electron chi connectivity index (χ4n) is 2.00. The summed E-state index contributed by atoms with van der Waals surface area (Å²) < 4.78 is 6.65. The van der Waals surface area contributed by atoms with E-state index in [2.05, 4.69) is 21.2 Å². The molecule has 0 unspecified atom stereocenters. The Balaban J connectivity index is 1.71. The Morgan fingerprint density at radius 3 is 2.77 bits per heavy atom. The quantitative estimate of drug-likeness (QED) is 0.706. The molecule has 0 saturated heterocycles. The van der Waals surface area contributed by atoms with Gasteiger partial charge in [0.05, 0.1) is 11.8 Å². The van der Waals surface area contributed by atoms with Gasteiger partial charge < -0.3 is 4.42 Å². The van der Waals surface area contributed by atoms with Gasteiger partial charge in [0.1, 0.15) is 5.52 Å². The van der Waals surface area contributed by atoms with Crippen molar-refractivity contribution >= 4 is 22.8 Å². The molecule has 8 heteroatoms. The zero-order chi connectivity index (χ0) is 15.5. The Kier molecular flexibility index (Phi) is 3.57. The Labute approximate surface area is 125 Å². The van der Waals surface area contributed by atoms with Gasteiger partial charge in [-0.25, -0.2) is 4.68 Å². The Morgan fingerprint density at radius 2 is 2.05 bits per heavy atom. The van der Waals surface area contributed by atoms with E-state index < -0.39 is 11.8 Å². The second-order valence-electron chi connectivity index (χ2n) is 4.49. The highest BCUT2D eigenvalue weighted by Crippen LogP contribution is 2.13. The number of aromatic nitrogens is 3. The van der Waals surface area contributed by atoms with Crippen LogP contribution >= 0.6 is 0 Å². The molecule has 0 atom stereocenters. The maximum atomic E-state index is 12.0. The summed E-state index contributed by atoms with van der Waals surface area (Å²) in [5.41, 5.74) is 6.43. The van der Waals surface area contributed by atoms with E-state index in [-0.39, 0.29) is 5.76 Å². The summed E-state index contributed by atoms with van der Waals surface area (Å²) >= 11 is 0. The number of fused-ring (bicyclic) bond motifs is 1. The van der Waals surface area contributed by atoms with E-state index in [1.54, 1.807) is 28.9 Å². The maximum Gasteiger partial charge on any atom is 0.305 e. The first-order valence-electron chi connectivity index (χ1n) is 6.66. The number of nitrogens with zero attached hydrogens (tertiary/aromatic N) is 3. The molecular weight excluding hydrogens is 286 g/mol. The number of nitrogens with one attached hydrogen (secondary N) is 2. The first kappa shape index (κ1) is 13.8. The number of hydrogen-bond donors (Lipinski definition) is 2. The highest BCUT2D eigenvalue weighted by Gasteiger charge is 2.12. The minimum atomic E-state index is -0.531. The smallest absolute Gasteiger partial charge is 0.305 e. The van der Waals surface area contributed by atoms with Crippen LogP contribution in [0.4, 0.5) is 0 Å².